The summed E-state index contributed by atoms with van der Waals surface area (Å²) in [5, 5.41) is 3.61. The van der Waals surface area contributed by atoms with Gasteiger partial charge in [0, 0.05) is 30.5 Å². The minimum Gasteiger partial charge on any atom is -0.350 e. The number of hydrogen-bond acceptors (Lipinski definition) is 3. The summed E-state index contributed by atoms with van der Waals surface area (Å²) in [6.45, 7) is 2.88. The topological polar surface area (TPSA) is 62.3 Å². The van der Waals surface area contributed by atoms with Crippen LogP contribution in [0.3, 0.4) is 0 Å². The molecule has 1 aromatic heterocycles. The molecule has 27 heavy (non-hydrogen) atoms. The maximum absolute atomic E-state index is 13.3. The molecule has 1 aliphatic heterocycles. The summed E-state index contributed by atoms with van der Waals surface area (Å²) in [5.74, 6) is -0.0621. The molecule has 4 rings (SSSR count). The van der Waals surface area contributed by atoms with Gasteiger partial charge in [-0.3, -0.25) is 14.6 Å². The molecule has 1 aromatic carbocycles. The molecule has 1 saturated carbocycles. The van der Waals surface area contributed by atoms with Gasteiger partial charge in [0.2, 0.25) is 11.8 Å². The van der Waals surface area contributed by atoms with Crippen LogP contribution >= 0.6 is 11.6 Å². The summed E-state index contributed by atoms with van der Waals surface area (Å²) >= 11 is 5.98. The van der Waals surface area contributed by atoms with E-state index in [1.54, 1.807) is 17.3 Å². The van der Waals surface area contributed by atoms with Crippen molar-refractivity contribution < 1.29 is 9.59 Å². The molecule has 0 bridgehead atoms. The van der Waals surface area contributed by atoms with Crippen molar-refractivity contribution in [2.24, 2.45) is 0 Å². The van der Waals surface area contributed by atoms with E-state index in [9.17, 15) is 9.59 Å². The highest BCUT2D eigenvalue weighted by atomic mass is 35.5. The lowest BCUT2D eigenvalue weighted by atomic mass is 9.82. The van der Waals surface area contributed by atoms with Gasteiger partial charge >= 0.3 is 0 Å². The number of halogens is 1. The summed E-state index contributed by atoms with van der Waals surface area (Å²) in [4.78, 5) is 31.9. The molecule has 0 spiro atoms. The predicted molar refractivity (Wildman–Crippen MR) is 103 cm³/mol. The highest BCUT2D eigenvalue weighted by Gasteiger charge is 2.59. The van der Waals surface area contributed by atoms with Crippen LogP contribution < -0.4 is 5.32 Å². The van der Waals surface area contributed by atoms with Crippen molar-refractivity contribution in [2.45, 2.75) is 43.7 Å². The molecule has 2 aromatic rings. The number of aromatic nitrogens is 1. The normalized spacial score (nSPS) is 22.7. The molecule has 2 aliphatic rings. The summed E-state index contributed by atoms with van der Waals surface area (Å²) in [6, 6.07) is 11.2. The monoisotopic (exact) mass is 383 g/mol. The maximum atomic E-state index is 13.3. The molecule has 1 aliphatic carbocycles. The lowest BCUT2D eigenvalue weighted by molar-refractivity contribution is -0.159. The molecule has 140 valence electrons. The molecule has 1 saturated heterocycles. The molecule has 1 N–H and O–H groups in total. The van der Waals surface area contributed by atoms with Gasteiger partial charge in [0.05, 0.1) is 5.41 Å². The van der Waals surface area contributed by atoms with Crippen molar-refractivity contribution in [1.82, 2.24) is 15.2 Å². The van der Waals surface area contributed by atoms with E-state index in [0.717, 1.165) is 24.0 Å². The smallest absolute Gasteiger partial charge is 0.246 e. The standard InChI is InChI=1S/C21H22ClN3O2/c1-20(18(26)24-14-15-3-2-11-23-13-15)10-12-25(20)19(27)21(8-9-21)16-4-6-17(22)7-5-16/h2-7,11,13H,8-10,12,14H2,1H3,(H,24,26). The van der Waals surface area contributed by atoms with E-state index in [1.807, 2.05) is 43.3 Å². The van der Waals surface area contributed by atoms with Crippen LogP contribution in [0.1, 0.15) is 37.3 Å². The highest BCUT2D eigenvalue weighted by molar-refractivity contribution is 6.30. The molecular formula is C21H22ClN3O2. The lowest BCUT2D eigenvalue weighted by Gasteiger charge is -2.50. The largest absolute Gasteiger partial charge is 0.350 e. The Morgan fingerprint density at radius 3 is 2.48 bits per heavy atom. The van der Waals surface area contributed by atoms with Crippen molar-refractivity contribution in [2.75, 3.05) is 6.54 Å². The SMILES string of the molecule is CC1(C(=O)NCc2cccnc2)CCN1C(=O)C1(c2ccc(Cl)cc2)CC1. The van der Waals surface area contributed by atoms with Gasteiger partial charge in [-0.1, -0.05) is 29.8 Å². The molecule has 0 radical (unpaired) electrons. The molecule has 1 atom stereocenters. The summed E-state index contributed by atoms with van der Waals surface area (Å²) in [6.07, 6.45) is 5.74. The van der Waals surface area contributed by atoms with Crippen molar-refractivity contribution in [3.63, 3.8) is 0 Å². The van der Waals surface area contributed by atoms with Crippen LogP contribution in [-0.2, 0) is 21.5 Å². The lowest BCUT2D eigenvalue weighted by Crippen LogP contribution is -2.68. The number of benzene rings is 1. The Morgan fingerprint density at radius 2 is 1.93 bits per heavy atom. The number of amides is 2. The molecule has 6 heteroatoms. The molecule has 2 amide bonds. The van der Waals surface area contributed by atoms with Crippen LogP contribution in [0.25, 0.3) is 0 Å². The number of nitrogens with zero attached hydrogens (tertiary/aromatic N) is 2. The van der Waals surface area contributed by atoms with Crippen molar-refractivity contribution in [1.29, 1.82) is 0 Å². The van der Waals surface area contributed by atoms with Gasteiger partial charge < -0.3 is 10.2 Å². The summed E-state index contributed by atoms with van der Waals surface area (Å²) < 4.78 is 0. The Morgan fingerprint density at radius 1 is 1.19 bits per heavy atom. The first kappa shape index (κ1) is 18.0. The van der Waals surface area contributed by atoms with E-state index in [0.29, 0.717) is 24.5 Å². The molecular weight excluding hydrogens is 362 g/mol. The second-order valence-electron chi connectivity index (χ2n) is 7.61. The number of rotatable bonds is 5. The van der Waals surface area contributed by atoms with E-state index in [4.69, 9.17) is 11.6 Å². The fraction of sp³-hybridized carbons (Fsp3) is 0.381. The zero-order valence-electron chi connectivity index (χ0n) is 15.2. The number of pyridine rings is 1. The number of carbonyl (C=O) groups excluding carboxylic acids is 2. The third-order valence-electron chi connectivity index (χ3n) is 5.88. The third kappa shape index (κ3) is 3.10. The fourth-order valence-electron chi connectivity index (χ4n) is 3.77. The van der Waals surface area contributed by atoms with Gasteiger partial charge in [-0.25, -0.2) is 0 Å². The number of nitrogens with one attached hydrogen (secondary N) is 1. The Kier molecular flexibility index (Phi) is 4.42. The number of likely N-dealkylation sites (tertiary alicyclic amines) is 1. The first-order valence-electron chi connectivity index (χ1n) is 9.21. The number of carbonyl (C=O) groups is 2. The molecule has 5 nitrogen and oxygen atoms in total. The van der Waals surface area contributed by atoms with E-state index in [1.165, 1.54) is 0 Å². The average molecular weight is 384 g/mol. The second-order valence-corrected chi connectivity index (χ2v) is 8.05. The van der Waals surface area contributed by atoms with Gasteiger partial charge in [0.25, 0.3) is 0 Å². The van der Waals surface area contributed by atoms with E-state index < -0.39 is 11.0 Å². The zero-order valence-corrected chi connectivity index (χ0v) is 16.0. The Hall–Kier alpha value is -2.40. The van der Waals surface area contributed by atoms with E-state index in [-0.39, 0.29) is 11.8 Å². The highest BCUT2D eigenvalue weighted by Crippen LogP contribution is 2.52. The maximum Gasteiger partial charge on any atom is 0.246 e. The van der Waals surface area contributed by atoms with Crippen LogP contribution in [0, 0.1) is 0 Å². The van der Waals surface area contributed by atoms with Crippen molar-refractivity contribution in [3.05, 3.63) is 64.9 Å². The second kappa shape index (κ2) is 6.64. The predicted octanol–water partition coefficient (Wildman–Crippen LogP) is 3.07. The van der Waals surface area contributed by atoms with Crippen molar-refractivity contribution >= 4 is 23.4 Å². The van der Waals surface area contributed by atoms with E-state index >= 15 is 0 Å². The first-order valence-corrected chi connectivity index (χ1v) is 9.59. The van der Waals surface area contributed by atoms with Crippen LogP contribution in [0.4, 0.5) is 0 Å². The van der Waals surface area contributed by atoms with Crippen LogP contribution in [-0.4, -0.2) is 33.8 Å². The third-order valence-corrected chi connectivity index (χ3v) is 6.14. The van der Waals surface area contributed by atoms with Crippen LogP contribution in [0.15, 0.2) is 48.8 Å². The molecule has 2 fully saturated rings. The van der Waals surface area contributed by atoms with Crippen molar-refractivity contribution in [3.8, 4) is 0 Å². The molecule has 2 heterocycles. The average Bonchev–Trinajstić information content (AvgIpc) is 3.48. The quantitative estimate of drug-likeness (QED) is 0.863. The number of hydrogen-bond donors (Lipinski definition) is 1. The Labute approximate surface area is 163 Å². The van der Waals surface area contributed by atoms with E-state index in [2.05, 4.69) is 10.3 Å². The fourth-order valence-corrected chi connectivity index (χ4v) is 3.90. The Balaban J connectivity index is 1.46. The zero-order chi connectivity index (χ0) is 19.1. The first-order chi connectivity index (χ1) is 13.0. The summed E-state index contributed by atoms with van der Waals surface area (Å²) in [7, 11) is 0. The van der Waals surface area contributed by atoms with Gasteiger partial charge in [0.15, 0.2) is 0 Å². The van der Waals surface area contributed by atoms with Crippen LogP contribution in [0.2, 0.25) is 5.02 Å². The van der Waals surface area contributed by atoms with Gasteiger partial charge in [-0.05, 0) is 55.5 Å². The van der Waals surface area contributed by atoms with Gasteiger partial charge in [-0.15, -0.1) is 0 Å². The van der Waals surface area contributed by atoms with Gasteiger partial charge in [0.1, 0.15) is 5.54 Å². The Bertz CT molecular complexity index is 865. The molecule has 1 unspecified atom stereocenters. The minimum atomic E-state index is -0.790. The minimum absolute atomic E-state index is 0.0510. The van der Waals surface area contributed by atoms with Gasteiger partial charge in [-0.2, -0.15) is 0 Å². The summed E-state index contributed by atoms with van der Waals surface area (Å²) in [5.41, 5.74) is 0.644. The van der Waals surface area contributed by atoms with Crippen LogP contribution in [0.5, 0.6) is 0 Å².